The third-order valence-corrected chi connectivity index (χ3v) is 5.21. The second-order valence-electron chi connectivity index (χ2n) is 7.62. The van der Waals surface area contributed by atoms with E-state index in [9.17, 15) is 9.18 Å². The first kappa shape index (κ1) is 19.8. The van der Waals surface area contributed by atoms with Crippen LogP contribution in [0.4, 0.5) is 4.39 Å². The maximum Gasteiger partial charge on any atom is 0.291 e. The van der Waals surface area contributed by atoms with Crippen molar-refractivity contribution in [3.8, 4) is 5.69 Å². The summed E-state index contributed by atoms with van der Waals surface area (Å²) in [6.45, 7) is 3.96. The second kappa shape index (κ2) is 7.94. The van der Waals surface area contributed by atoms with Crippen molar-refractivity contribution in [2.24, 2.45) is 0 Å². The van der Waals surface area contributed by atoms with Gasteiger partial charge in [-0.2, -0.15) is 0 Å². The maximum absolute atomic E-state index is 13.6. The topological polar surface area (TPSA) is 71.8 Å². The number of halogens is 2. The molecular formula is C19H25ClFN5O. The number of amides is 1. The summed E-state index contributed by atoms with van der Waals surface area (Å²) in [4.78, 5) is 17.1. The first-order chi connectivity index (χ1) is 12.5. The minimum absolute atomic E-state index is 0. The number of nitrogens with zero attached hydrogens (tertiary/aromatic N) is 3. The molecule has 2 aromatic rings. The second-order valence-corrected chi connectivity index (χ2v) is 7.62. The molecule has 146 valence electrons. The molecule has 0 radical (unpaired) electrons. The molecule has 2 atom stereocenters. The van der Waals surface area contributed by atoms with Crippen molar-refractivity contribution in [2.45, 2.75) is 63.6 Å². The molecule has 0 aliphatic carbocycles. The summed E-state index contributed by atoms with van der Waals surface area (Å²) in [5.74, 6) is 0.245. The van der Waals surface area contributed by atoms with Crippen molar-refractivity contribution in [1.29, 1.82) is 0 Å². The Morgan fingerprint density at radius 2 is 2.00 bits per heavy atom. The molecule has 1 aromatic heterocycles. The predicted octanol–water partition coefficient (Wildman–Crippen LogP) is 2.96. The third kappa shape index (κ3) is 4.14. The summed E-state index contributed by atoms with van der Waals surface area (Å²) in [7, 11) is 0. The van der Waals surface area contributed by atoms with Gasteiger partial charge in [-0.3, -0.25) is 4.79 Å². The van der Waals surface area contributed by atoms with E-state index >= 15 is 0 Å². The first-order valence-electron chi connectivity index (χ1n) is 9.29. The van der Waals surface area contributed by atoms with E-state index in [1.807, 2.05) is 13.8 Å². The van der Waals surface area contributed by atoms with Crippen LogP contribution in [0, 0.1) is 5.82 Å². The highest BCUT2D eigenvalue weighted by Crippen LogP contribution is 2.27. The number of rotatable bonds is 4. The molecule has 27 heavy (non-hydrogen) atoms. The monoisotopic (exact) mass is 393 g/mol. The lowest BCUT2D eigenvalue weighted by atomic mass is 10.00. The molecule has 2 saturated heterocycles. The number of carbonyl (C=O) groups excluding carboxylic acids is 1. The van der Waals surface area contributed by atoms with Crippen molar-refractivity contribution in [3.63, 3.8) is 0 Å². The molecule has 2 bridgehead atoms. The Morgan fingerprint density at radius 1 is 1.30 bits per heavy atom. The highest BCUT2D eigenvalue weighted by molar-refractivity contribution is 5.90. The van der Waals surface area contributed by atoms with Gasteiger partial charge in [0.25, 0.3) is 5.91 Å². The Labute approximate surface area is 164 Å². The number of fused-ring (bicyclic) bond motifs is 2. The predicted molar refractivity (Wildman–Crippen MR) is 103 cm³/mol. The van der Waals surface area contributed by atoms with Gasteiger partial charge in [0.1, 0.15) is 11.6 Å². The zero-order chi connectivity index (χ0) is 18.3. The molecule has 1 aromatic carbocycles. The molecule has 2 N–H and O–H groups in total. The molecule has 6 nitrogen and oxygen atoms in total. The fraction of sp³-hybridized carbons (Fsp3) is 0.526. The van der Waals surface area contributed by atoms with E-state index in [1.54, 1.807) is 16.8 Å². The quantitative estimate of drug-likeness (QED) is 0.837. The van der Waals surface area contributed by atoms with E-state index in [0.29, 0.717) is 23.6 Å². The molecule has 2 unspecified atom stereocenters. The number of carbonyl (C=O) groups is 1. The molecule has 3 heterocycles. The van der Waals surface area contributed by atoms with E-state index in [1.165, 1.54) is 25.0 Å². The van der Waals surface area contributed by atoms with Crippen LogP contribution in [-0.2, 0) is 0 Å². The normalized spacial score (nSPS) is 23.9. The average Bonchev–Trinajstić information content (AvgIpc) is 3.19. The van der Waals surface area contributed by atoms with Crippen molar-refractivity contribution < 1.29 is 9.18 Å². The first-order valence-corrected chi connectivity index (χ1v) is 9.29. The lowest BCUT2D eigenvalue weighted by Crippen LogP contribution is -2.48. The minimum Gasteiger partial charge on any atom is -0.346 e. The van der Waals surface area contributed by atoms with Crippen LogP contribution < -0.4 is 10.6 Å². The number of aromatic nitrogens is 3. The maximum atomic E-state index is 13.6. The molecule has 8 heteroatoms. The summed E-state index contributed by atoms with van der Waals surface area (Å²) >= 11 is 0. The van der Waals surface area contributed by atoms with Gasteiger partial charge in [-0.05, 0) is 43.9 Å². The molecule has 2 aliphatic heterocycles. The van der Waals surface area contributed by atoms with Gasteiger partial charge < -0.3 is 10.6 Å². The zero-order valence-electron chi connectivity index (χ0n) is 15.5. The van der Waals surface area contributed by atoms with Gasteiger partial charge in [-0.25, -0.2) is 14.1 Å². The molecule has 2 aliphatic rings. The summed E-state index contributed by atoms with van der Waals surface area (Å²) < 4.78 is 15.2. The van der Waals surface area contributed by atoms with Gasteiger partial charge in [0.15, 0.2) is 0 Å². The number of benzene rings is 1. The Kier molecular flexibility index (Phi) is 5.81. The van der Waals surface area contributed by atoms with Gasteiger partial charge in [0, 0.05) is 24.0 Å². The van der Waals surface area contributed by atoms with Gasteiger partial charge in [-0.1, -0.05) is 19.9 Å². The van der Waals surface area contributed by atoms with Crippen LogP contribution in [0.1, 0.15) is 61.9 Å². The van der Waals surface area contributed by atoms with Gasteiger partial charge in [-0.15, -0.1) is 17.5 Å². The summed E-state index contributed by atoms with van der Waals surface area (Å²) in [6.07, 6.45) is 4.26. The lowest BCUT2D eigenvalue weighted by molar-refractivity contribution is 0.0913. The molecule has 4 rings (SSSR count). The summed E-state index contributed by atoms with van der Waals surface area (Å²) in [5, 5.41) is 11.0. The fourth-order valence-corrected chi connectivity index (χ4v) is 4.02. The van der Waals surface area contributed by atoms with Gasteiger partial charge in [0.05, 0.1) is 5.69 Å². The fourth-order valence-electron chi connectivity index (χ4n) is 4.02. The van der Waals surface area contributed by atoms with Crippen molar-refractivity contribution in [2.75, 3.05) is 0 Å². The van der Waals surface area contributed by atoms with Crippen LogP contribution in [0.2, 0.25) is 0 Å². The number of hydrogen-bond acceptors (Lipinski definition) is 4. The smallest absolute Gasteiger partial charge is 0.291 e. The molecule has 0 saturated carbocycles. The lowest BCUT2D eigenvalue weighted by Gasteiger charge is -2.29. The Hall–Kier alpha value is -1.99. The van der Waals surface area contributed by atoms with E-state index < -0.39 is 0 Å². The molecule has 1 amide bonds. The Morgan fingerprint density at radius 3 is 2.63 bits per heavy atom. The Balaban J connectivity index is 0.00000210. The molecular weight excluding hydrogens is 369 g/mol. The minimum atomic E-state index is -0.344. The largest absolute Gasteiger partial charge is 0.346 e. The van der Waals surface area contributed by atoms with Crippen LogP contribution in [0.5, 0.6) is 0 Å². The highest BCUT2D eigenvalue weighted by atomic mass is 35.5. The average molecular weight is 394 g/mol. The van der Waals surface area contributed by atoms with Gasteiger partial charge >= 0.3 is 0 Å². The van der Waals surface area contributed by atoms with Crippen LogP contribution in [-0.4, -0.2) is 38.8 Å². The summed E-state index contributed by atoms with van der Waals surface area (Å²) in [6, 6.07) is 7.33. The third-order valence-electron chi connectivity index (χ3n) is 5.21. The number of nitrogens with one attached hydrogen (secondary N) is 2. The molecule has 2 fully saturated rings. The van der Waals surface area contributed by atoms with E-state index in [4.69, 9.17) is 0 Å². The van der Waals surface area contributed by atoms with Crippen LogP contribution >= 0.6 is 12.4 Å². The number of piperidine rings is 1. The zero-order valence-corrected chi connectivity index (χ0v) is 16.3. The van der Waals surface area contributed by atoms with Crippen molar-refractivity contribution >= 4 is 18.3 Å². The number of hydrogen-bond donors (Lipinski definition) is 2. The SMILES string of the molecule is CC(C)c1nc(C(=O)NC2CC3CCC(C2)N3)nn1-c1cccc(F)c1.Cl. The summed E-state index contributed by atoms with van der Waals surface area (Å²) in [5.41, 5.74) is 0.570. The van der Waals surface area contributed by atoms with Gasteiger partial charge in [0.2, 0.25) is 5.82 Å². The van der Waals surface area contributed by atoms with E-state index in [0.717, 1.165) is 12.8 Å². The highest BCUT2D eigenvalue weighted by Gasteiger charge is 2.34. The van der Waals surface area contributed by atoms with E-state index in [-0.39, 0.29) is 41.9 Å². The standard InChI is InChI=1S/C19H24FN5O.ClH/c1-11(2)18-23-17(24-25(18)16-5-3-4-12(20)8-16)19(26)22-15-9-13-6-7-14(10-15)21-13;/h3-5,8,11,13-15,21H,6-7,9-10H2,1-2H3,(H,22,26);1H. The van der Waals surface area contributed by atoms with Crippen LogP contribution in [0.3, 0.4) is 0 Å². The van der Waals surface area contributed by atoms with Crippen molar-refractivity contribution in [3.05, 3.63) is 41.7 Å². The van der Waals surface area contributed by atoms with Crippen molar-refractivity contribution in [1.82, 2.24) is 25.4 Å². The van der Waals surface area contributed by atoms with Crippen LogP contribution in [0.15, 0.2) is 24.3 Å². The Bertz CT molecular complexity index is 812. The van der Waals surface area contributed by atoms with Crippen LogP contribution in [0.25, 0.3) is 5.69 Å². The molecule has 0 spiro atoms. The van der Waals surface area contributed by atoms with E-state index in [2.05, 4.69) is 20.7 Å².